The van der Waals surface area contributed by atoms with Crippen molar-refractivity contribution in [3.63, 3.8) is 0 Å². The van der Waals surface area contributed by atoms with Crippen LogP contribution in [0.5, 0.6) is 0 Å². The number of hydrogen-bond donors (Lipinski definition) is 0. The minimum absolute atomic E-state index is 0.0774. The third-order valence-corrected chi connectivity index (χ3v) is 3.96. The first-order valence-electron chi connectivity index (χ1n) is 6.59. The van der Waals surface area contributed by atoms with Gasteiger partial charge in [0.05, 0.1) is 7.11 Å². The van der Waals surface area contributed by atoms with E-state index in [4.69, 9.17) is 4.84 Å². The second kappa shape index (κ2) is 4.42. The molecule has 5 heteroatoms. The topological polar surface area (TPSA) is 49.9 Å². The van der Waals surface area contributed by atoms with E-state index in [0.29, 0.717) is 12.8 Å². The molecule has 1 saturated heterocycles. The zero-order valence-corrected chi connectivity index (χ0v) is 12.3. The van der Waals surface area contributed by atoms with Gasteiger partial charge in [0.2, 0.25) is 0 Å². The minimum Gasteiger partial charge on any atom is -0.301 e. The van der Waals surface area contributed by atoms with Gasteiger partial charge < -0.3 is 4.84 Å². The van der Waals surface area contributed by atoms with E-state index in [9.17, 15) is 9.59 Å². The number of nitrogens with zero attached hydrogens (tertiary/aromatic N) is 2. The maximum absolute atomic E-state index is 11.8. The van der Waals surface area contributed by atoms with Crippen LogP contribution in [0.3, 0.4) is 0 Å². The summed E-state index contributed by atoms with van der Waals surface area (Å²) in [7, 11) is 1.66. The van der Waals surface area contributed by atoms with Crippen LogP contribution in [0, 0.1) is 0 Å². The van der Waals surface area contributed by atoms with Crippen molar-refractivity contribution >= 4 is 11.8 Å². The molecule has 2 amide bonds. The predicted octanol–water partition coefficient (Wildman–Crippen LogP) is 1.49. The van der Waals surface area contributed by atoms with Gasteiger partial charge in [-0.25, -0.2) is 0 Å². The van der Waals surface area contributed by atoms with E-state index in [0.717, 1.165) is 0 Å². The molecule has 0 N–H and O–H groups in total. The van der Waals surface area contributed by atoms with Crippen LogP contribution in [-0.2, 0) is 14.4 Å². The number of carbonyl (C=O) groups excluding carboxylic acids is 2. The van der Waals surface area contributed by atoms with Crippen molar-refractivity contribution < 1.29 is 14.4 Å². The summed E-state index contributed by atoms with van der Waals surface area (Å²) in [4.78, 5) is 30.6. The van der Waals surface area contributed by atoms with Crippen LogP contribution in [0.1, 0.15) is 40.5 Å². The van der Waals surface area contributed by atoms with Crippen molar-refractivity contribution in [3.8, 4) is 0 Å². The molecule has 0 radical (unpaired) electrons. The zero-order valence-electron chi connectivity index (χ0n) is 12.3. The Morgan fingerprint density at radius 3 is 1.84 bits per heavy atom. The molecule has 0 atom stereocenters. The number of imide groups is 1. The maximum atomic E-state index is 11.8. The van der Waals surface area contributed by atoms with Gasteiger partial charge in [0.15, 0.2) is 0 Å². The van der Waals surface area contributed by atoms with Crippen molar-refractivity contribution in [1.82, 2.24) is 9.96 Å². The predicted molar refractivity (Wildman–Crippen MR) is 71.0 cm³/mol. The molecule has 0 unspecified atom stereocenters. The summed E-state index contributed by atoms with van der Waals surface area (Å²) in [6.45, 7) is 8.29. The van der Waals surface area contributed by atoms with E-state index in [2.05, 4.69) is 27.7 Å². The largest absolute Gasteiger partial charge is 0.301 e. The molecule has 0 aromatic rings. The number of hydroxylamine groups is 2. The Bertz CT molecular complexity index is 404. The lowest BCUT2D eigenvalue weighted by Gasteiger charge is -2.54. The van der Waals surface area contributed by atoms with Gasteiger partial charge in [-0.3, -0.25) is 14.5 Å². The molecule has 106 valence electrons. The zero-order chi connectivity index (χ0) is 14.4. The van der Waals surface area contributed by atoms with Crippen molar-refractivity contribution in [2.45, 2.75) is 57.7 Å². The fourth-order valence-corrected chi connectivity index (χ4v) is 3.66. The molecule has 5 nitrogen and oxygen atoms in total. The summed E-state index contributed by atoms with van der Waals surface area (Å²) in [6, 6.07) is -0.0774. The molecule has 2 rings (SSSR count). The number of piperidine rings is 1. The highest BCUT2D eigenvalue weighted by Crippen LogP contribution is 2.40. The van der Waals surface area contributed by atoms with Gasteiger partial charge in [-0.05, 0) is 40.5 Å². The van der Waals surface area contributed by atoms with Gasteiger partial charge in [0.25, 0.3) is 11.8 Å². The Balaban J connectivity index is 2.27. The monoisotopic (exact) mass is 266 g/mol. The van der Waals surface area contributed by atoms with Gasteiger partial charge in [0.1, 0.15) is 0 Å². The molecule has 0 saturated carbocycles. The van der Waals surface area contributed by atoms with Crippen LogP contribution in [0.15, 0.2) is 12.2 Å². The second-order valence-corrected chi connectivity index (χ2v) is 6.54. The van der Waals surface area contributed by atoms with Gasteiger partial charge in [0, 0.05) is 29.3 Å². The number of rotatable bonds is 2. The highest BCUT2D eigenvalue weighted by molar-refractivity contribution is 6.13. The van der Waals surface area contributed by atoms with E-state index < -0.39 is 0 Å². The second-order valence-electron chi connectivity index (χ2n) is 6.54. The summed E-state index contributed by atoms with van der Waals surface area (Å²) in [5.41, 5.74) is -0.464. The van der Waals surface area contributed by atoms with Crippen LogP contribution >= 0.6 is 0 Å². The minimum atomic E-state index is -0.232. The maximum Gasteiger partial charge on any atom is 0.253 e. The summed E-state index contributed by atoms with van der Waals surface area (Å²) in [5.74, 6) is -0.403. The van der Waals surface area contributed by atoms with Crippen LogP contribution in [0.4, 0.5) is 0 Å². The van der Waals surface area contributed by atoms with Crippen molar-refractivity contribution in [1.29, 1.82) is 0 Å². The SMILES string of the molecule is CON1C(C)(C)CC(N2C(=O)C=CC2=O)CC1(C)C. The molecule has 0 spiro atoms. The number of hydrogen-bond acceptors (Lipinski definition) is 4. The van der Waals surface area contributed by atoms with Crippen molar-refractivity contribution in [2.24, 2.45) is 0 Å². The fourth-order valence-electron chi connectivity index (χ4n) is 3.66. The van der Waals surface area contributed by atoms with E-state index >= 15 is 0 Å². The smallest absolute Gasteiger partial charge is 0.253 e. The molecule has 0 aliphatic carbocycles. The third-order valence-electron chi connectivity index (χ3n) is 3.96. The summed E-state index contributed by atoms with van der Waals surface area (Å²) < 4.78 is 0. The van der Waals surface area contributed by atoms with E-state index in [-0.39, 0.29) is 28.9 Å². The van der Waals surface area contributed by atoms with E-state index in [1.165, 1.54) is 17.1 Å². The quantitative estimate of drug-likeness (QED) is 0.711. The highest BCUT2D eigenvalue weighted by atomic mass is 16.7. The lowest BCUT2D eigenvalue weighted by molar-refractivity contribution is -0.270. The lowest BCUT2D eigenvalue weighted by Crippen LogP contribution is -2.64. The fraction of sp³-hybridized carbons (Fsp3) is 0.714. The van der Waals surface area contributed by atoms with Crippen molar-refractivity contribution in [3.05, 3.63) is 12.2 Å². The number of amides is 2. The van der Waals surface area contributed by atoms with Crippen LogP contribution in [0.25, 0.3) is 0 Å². The van der Waals surface area contributed by atoms with Crippen LogP contribution in [-0.4, -0.2) is 46.0 Å². The Kier molecular flexibility index (Phi) is 3.31. The highest BCUT2D eigenvalue weighted by Gasteiger charge is 2.49. The average molecular weight is 266 g/mol. The Morgan fingerprint density at radius 1 is 1.05 bits per heavy atom. The Labute approximate surface area is 114 Å². The molecular weight excluding hydrogens is 244 g/mol. The Hall–Kier alpha value is -1.20. The molecule has 0 aromatic heterocycles. The molecule has 19 heavy (non-hydrogen) atoms. The molecule has 2 aliphatic heterocycles. The van der Waals surface area contributed by atoms with Crippen LogP contribution in [0.2, 0.25) is 0 Å². The van der Waals surface area contributed by atoms with Crippen LogP contribution < -0.4 is 0 Å². The normalized spacial score (nSPS) is 27.3. The van der Waals surface area contributed by atoms with Gasteiger partial charge in [-0.15, -0.1) is 0 Å². The van der Waals surface area contributed by atoms with Gasteiger partial charge in [-0.1, -0.05) is 0 Å². The first-order chi connectivity index (χ1) is 8.69. The third kappa shape index (κ3) is 2.32. The number of carbonyl (C=O) groups is 2. The van der Waals surface area contributed by atoms with E-state index in [1.54, 1.807) is 7.11 Å². The molecule has 0 aromatic carbocycles. The summed E-state index contributed by atoms with van der Waals surface area (Å²) in [5, 5.41) is 1.97. The summed E-state index contributed by atoms with van der Waals surface area (Å²) >= 11 is 0. The lowest BCUT2D eigenvalue weighted by atomic mass is 9.78. The summed E-state index contributed by atoms with van der Waals surface area (Å²) in [6.07, 6.45) is 4.13. The molecule has 2 heterocycles. The standard InChI is InChI=1S/C14H22N2O3/c1-13(2)8-10(9-14(3,4)16(13)19-5)15-11(17)6-7-12(15)18/h6-7,10H,8-9H2,1-5H3. The average Bonchev–Trinajstić information content (AvgIpc) is 2.55. The molecular formula is C14H22N2O3. The van der Waals surface area contributed by atoms with Gasteiger partial charge in [-0.2, -0.15) is 5.06 Å². The molecule has 1 fully saturated rings. The van der Waals surface area contributed by atoms with Crippen molar-refractivity contribution in [2.75, 3.05) is 7.11 Å². The Morgan fingerprint density at radius 2 is 1.47 bits per heavy atom. The molecule has 2 aliphatic rings. The first kappa shape index (κ1) is 14.2. The van der Waals surface area contributed by atoms with E-state index in [1.807, 2.05) is 5.06 Å². The first-order valence-corrected chi connectivity index (χ1v) is 6.59. The molecule has 0 bridgehead atoms. The van der Waals surface area contributed by atoms with Gasteiger partial charge >= 0.3 is 0 Å².